The minimum Gasteiger partial charge on any atom is -0.470 e. The van der Waals surface area contributed by atoms with E-state index in [1.165, 1.54) is 17.9 Å². The van der Waals surface area contributed by atoms with Crippen molar-refractivity contribution in [2.75, 3.05) is 0 Å². The highest BCUT2D eigenvalue weighted by Gasteiger charge is 2.12. The van der Waals surface area contributed by atoms with Gasteiger partial charge in [-0.05, 0) is 16.5 Å². The first kappa shape index (κ1) is 10.1. The van der Waals surface area contributed by atoms with Crippen LogP contribution in [0.15, 0.2) is 29.3 Å². The predicted molar refractivity (Wildman–Crippen MR) is 63.9 cm³/mol. The van der Waals surface area contributed by atoms with E-state index < -0.39 is 0 Å². The molecule has 19 heavy (non-hydrogen) atoms. The largest absolute Gasteiger partial charge is 0.470 e. The van der Waals surface area contributed by atoms with E-state index in [0.717, 1.165) is 9.77 Å². The van der Waals surface area contributed by atoms with Crippen molar-refractivity contribution in [3.05, 3.63) is 40.7 Å². The van der Waals surface area contributed by atoms with Crippen LogP contribution in [0.3, 0.4) is 0 Å². The maximum absolute atomic E-state index is 11.8. The fourth-order valence-electron chi connectivity index (χ4n) is 1.62. The van der Waals surface area contributed by atoms with Crippen molar-refractivity contribution in [1.82, 2.24) is 35.0 Å². The molecule has 0 atom stereocenters. The quantitative estimate of drug-likeness (QED) is 0.666. The number of aromatic amines is 2. The molecule has 3 rings (SSSR count). The fraction of sp³-hybridized carbons (Fsp3) is 0.200. The lowest BCUT2D eigenvalue weighted by atomic mass is 10.4. The summed E-state index contributed by atoms with van der Waals surface area (Å²) in [5.74, 6) is 0.326. The Morgan fingerprint density at radius 1 is 1.42 bits per heavy atom. The van der Waals surface area contributed by atoms with Gasteiger partial charge in [0.15, 0.2) is 1.41 Å². The number of hydrogen-bond donors (Lipinski definition) is 2. The lowest BCUT2D eigenvalue weighted by molar-refractivity contribution is 0.289. The standard InChI is InChI=1S/C10H11N7O2/c1-16-10(18)17(15-14-16)8-2-4-11-7(8)6-19-9-3-5-12-13-9/h2-5,11H,6H2,1H3,(H,12,13)/i/hT. The monoisotopic (exact) mass is 263 g/mol. The molecule has 0 amide bonds. The summed E-state index contributed by atoms with van der Waals surface area (Å²) in [6, 6.07) is 3.28. The van der Waals surface area contributed by atoms with Gasteiger partial charge in [-0.25, -0.2) is 4.79 Å². The maximum atomic E-state index is 11.8. The maximum Gasteiger partial charge on any atom is 0.368 e. The Morgan fingerprint density at radius 3 is 3.00 bits per heavy atom. The van der Waals surface area contributed by atoms with Crippen LogP contribution in [-0.2, 0) is 13.7 Å². The van der Waals surface area contributed by atoms with Crippen molar-refractivity contribution in [1.29, 1.82) is 0 Å². The Morgan fingerprint density at radius 2 is 2.32 bits per heavy atom. The van der Waals surface area contributed by atoms with E-state index in [4.69, 9.17) is 6.15 Å². The van der Waals surface area contributed by atoms with Crippen LogP contribution < -0.4 is 10.4 Å². The van der Waals surface area contributed by atoms with E-state index >= 15 is 0 Å². The van der Waals surface area contributed by atoms with E-state index in [2.05, 4.69) is 20.5 Å². The zero-order valence-electron chi connectivity index (χ0n) is 11.0. The van der Waals surface area contributed by atoms with Crippen LogP contribution in [0.5, 0.6) is 5.88 Å². The molecule has 2 N–H and O–H groups in total. The molecule has 0 aliphatic carbocycles. The van der Waals surface area contributed by atoms with Crippen LogP contribution in [0.1, 0.15) is 5.69 Å². The van der Waals surface area contributed by atoms with Crippen molar-refractivity contribution < 1.29 is 6.15 Å². The molecule has 98 valence electrons. The number of H-pyrrole nitrogens is 2. The summed E-state index contributed by atoms with van der Waals surface area (Å²) in [4.78, 5) is 14.8. The molecule has 3 aromatic rings. The smallest absolute Gasteiger partial charge is 0.368 e. The lowest BCUT2D eigenvalue weighted by Crippen LogP contribution is -2.22. The molecule has 3 aromatic heterocycles. The van der Waals surface area contributed by atoms with Gasteiger partial charge in [0.05, 0.1) is 11.4 Å². The van der Waals surface area contributed by atoms with Crippen LogP contribution in [0.25, 0.3) is 5.69 Å². The molecule has 0 saturated heterocycles. The van der Waals surface area contributed by atoms with Gasteiger partial charge in [-0.15, -0.1) is 5.10 Å². The molecule has 0 bridgehead atoms. The summed E-state index contributed by atoms with van der Waals surface area (Å²) in [5, 5.41) is 12.1. The second-order valence-electron chi connectivity index (χ2n) is 3.80. The van der Waals surface area contributed by atoms with Gasteiger partial charge in [-0.2, -0.15) is 9.36 Å². The van der Waals surface area contributed by atoms with E-state index in [9.17, 15) is 4.79 Å². The summed E-state index contributed by atoms with van der Waals surface area (Å²) in [7, 11) is 1.52. The minimum absolute atomic E-state index is 0.169. The first-order valence-electron chi connectivity index (χ1n) is 5.93. The average Bonchev–Trinajstić information content (AvgIpc) is 3.11. The molecule has 3 heterocycles. The molecule has 0 saturated carbocycles. The molecule has 0 spiro atoms. The molecule has 0 radical (unpaired) electrons. The van der Waals surface area contributed by atoms with E-state index in [1.807, 2.05) is 0 Å². The van der Waals surface area contributed by atoms with E-state index in [-0.39, 0.29) is 12.3 Å². The topological polar surface area (TPSA) is 106 Å². The first-order valence-corrected chi connectivity index (χ1v) is 5.48. The molecule has 0 unspecified atom stereocenters. The van der Waals surface area contributed by atoms with Gasteiger partial charge in [0.25, 0.3) is 0 Å². The summed E-state index contributed by atoms with van der Waals surface area (Å²) in [6.45, 7) is 0.169. The number of ether oxygens (including phenoxy) is 1. The van der Waals surface area contributed by atoms with E-state index in [0.29, 0.717) is 17.3 Å². The minimum atomic E-state index is -0.346. The normalized spacial score (nSPS) is 11.5. The average molecular weight is 263 g/mol. The Bertz CT molecular complexity index is 783. The van der Waals surface area contributed by atoms with Crippen LogP contribution in [0.2, 0.25) is 1.41 Å². The second kappa shape index (κ2) is 4.44. The lowest BCUT2D eigenvalue weighted by Gasteiger charge is -2.03. The van der Waals surface area contributed by atoms with Gasteiger partial charge in [0, 0.05) is 25.5 Å². The molecule has 0 aliphatic rings. The molecular weight excluding hydrogens is 250 g/mol. The predicted octanol–water partition coefficient (Wildman–Crippen LogP) is -0.404. The third kappa shape index (κ3) is 2.01. The summed E-state index contributed by atoms with van der Waals surface area (Å²) in [6.07, 6.45) is 3.14. The van der Waals surface area contributed by atoms with Crippen molar-refractivity contribution in [2.45, 2.75) is 6.61 Å². The number of aromatic nitrogens is 7. The molecular formula is C10H11N7O2. The summed E-state index contributed by atoms with van der Waals surface area (Å²) < 4.78 is 15.0. The van der Waals surface area contributed by atoms with Crippen molar-refractivity contribution >= 4 is 0 Å². The van der Waals surface area contributed by atoms with Crippen LogP contribution in [-0.4, -0.2) is 35.0 Å². The Balaban J connectivity index is 1.83. The molecule has 9 nitrogen and oxygen atoms in total. The molecule has 0 aliphatic heterocycles. The highest BCUT2D eigenvalue weighted by atomic mass is 16.5. The van der Waals surface area contributed by atoms with Crippen LogP contribution in [0.4, 0.5) is 0 Å². The van der Waals surface area contributed by atoms with Crippen molar-refractivity contribution in [3.63, 3.8) is 0 Å². The van der Waals surface area contributed by atoms with Crippen LogP contribution in [0, 0.1) is 0 Å². The summed E-state index contributed by atoms with van der Waals surface area (Å²) in [5.41, 5.74) is 0.877. The SMILES string of the molecule is [3H]n1ccc(OCc2[nH]ccc2-n2nnn(C)c2=O)n1. The van der Waals surface area contributed by atoms with Crippen molar-refractivity contribution in [3.8, 4) is 11.6 Å². The zero-order chi connectivity index (χ0) is 14.1. The van der Waals surface area contributed by atoms with Gasteiger partial charge in [0.2, 0.25) is 5.88 Å². The van der Waals surface area contributed by atoms with Gasteiger partial charge < -0.3 is 9.72 Å². The third-order valence-corrected chi connectivity index (χ3v) is 2.56. The third-order valence-electron chi connectivity index (χ3n) is 2.56. The Labute approximate surface area is 108 Å². The Kier molecular flexibility index (Phi) is 2.37. The zero-order valence-corrected chi connectivity index (χ0v) is 10.0. The van der Waals surface area contributed by atoms with Gasteiger partial charge >= 0.3 is 5.69 Å². The van der Waals surface area contributed by atoms with Crippen LogP contribution >= 0.6 is 0 Å². The number of nitrogens with zero attached hydrogens (tertiary/aromatic N) is 5. The summed E-state index contributed by atoms with van der Waals surface area (Å²) >= 11 is 0. The number of aryl methyl sites for hydroxylation is 1. The highest BCUT2D eigenvalue weighted by molar-refractivity contribution is 5.35. The molecule has 0 fully saturated rings. The molecule has 9 heteroatoms. The first-order chi connectivity index (χ1) is 9.65. The highest BCUT2D eigenvalue weighted by Crippen LogP contribution is 2.12. The fourth-order valence-corrected chi connectivity index (χ4v) is 1.62. The number of nitrogens with one attached hydrogen (secondary N) is 2. The van der Waals surface area contributed by atoms with Crippen molar-refractivity contribution in [2.24, 2.45) is 7.05 Å². The van der Waals surface area contributed by atoms with Gasteiger partial charge in [0.1, 0.15) is 6.61 Å². The number of hydrogen-bond acceptors (Lipinski definition) is 5. The van der Waals surface area contributed by atoms with E-state index in [1.54, 1.807) is 18.3 Å². The van der Waals surface area contributed by atoms with Gasteiger partial charge in [-0.1, -0.05) is 0 Å². The number of rotatable bonds is 4. The molecule has 0 aromatic carbocycles. The Hall–Kier alpha value is -2.84. The second-order valence-corrected chi connectivity index (χ2v) is 3.80. The van der Waals surface area contributed by atoms with Gasteiger partial charge in [-0.3, -0.25) is 5.09 Å². The number of tetrazole rings is 1.